The van der Waals surface area contributed by atoms with E-state index >= 15 is 0 Å². The van der Waals surface area contributed by atoms with E-state index in [1.165, 1.54) is 12.8 Å². The molecular formula is C18H24F2N6. The second-order valence-corrected chi connectivity index (χ2v) is 7.82. The lowest BCUT2D eigenvalue weighted by molar-refractivity contribution is -0.0274. The van der Waals surface area contributed by atoms with E-state index in [-0.39, 0.29) is 19.0 Å². The third-order valence-corrected chi connectivity index (χ3v) is 4.99. The third kappa shape index (κ3) is 3.64. The summed E-state index contributed by atoms with van der Waals surface area (Å²) < 4.78 is 28.6. The number of rotatable bonds is 6. The Labute approximate surface area is 151 Å². The van der Waals surface area contributed by atoms with Crippen molar-refractivity contribution in [1.82, 2.24) is 20.2 Å². The first-order valence-corrected chi connectivity index (χ1v) is 9.19. The lowest BCUT2D eigenvalue weighted by Gasteiger charge is -2.18. The fourth-order valence-electron chi connectivity index (χ4n) is 3.52. The Kier molecular flexibility index (Phi) is 4.28. The average molecular weight is 362 g/mol. The van der Waals surface area contributed by atoms with E-state index in [1.54, 1.807) is 17.2 Å². The van der Waals surface area contributed by atoms with Gasteiger partial charge in [-0.05, 0) is 31.2 Å². The number of anilines is 3. The minimum absolute atomic E-state index is 0.236. The fourth-order valence-corrected chi connectivity index (χ4v) is 3.52. The number of H-pyrrole nitrogens is 1. The summed E-state index contributed by atoms with van der Waals surface area (Å²) in [6.07, 6.45) is 4.48. The zero-order valence-corrected chi connectivity index (χ0v) is 15.0. The van der Waals surface area contributed by atoms with E-state index in [0.29, 0.717) is 29.9 Å². The summed E-state index contributed by atoms with van der Waals surface area (Å²) in [5.41, 5.74) is 1.12. The van der Waals surface area contributed by atoms with Crippen LogP contribution in [-0.4, -0.2) is 39.2 Å². The van der Waals surface area contributed by atoms with Crippen LogP contribution in [0.4, 0.5) is 26.4 Å². The molecule has 2 aliphatic rings. The monoisotopic (exact) mass is 362 g/mol. The zero-order valence-electron chi connectivity index (χ0n) is 15.0. The molecule has 1 saturated carbocycles. The van der Waals surface area contributed by atoms with Crippen LogP contribution in [0.25, 0.3) is 0 Å². The normalized spacial score (nSPS) is 22.2. The predicted molar refractivity (Wildman–Crippen MR) is 96.0 cm³/mol. The Balaban J connectivity index is 1.46. The first-order chi connectivity index (χ1) is 12.4. The molecule has 6 nitrogen and oxygen atoms in total. The largest absolute Gasteiger partial charge is 0.334 e. The van der Waals surface area contributed by atoms with E-state index in [0.717, 1.165) is 5.69 Å². The maximum Gasteiger partial charge on any atom is 0.269 e. The minimum Gasteiger partial charge on any atom is -0.334 e. The molecule has 0 bridgehead atoms. The van der Waals surface area contributed by atoms with E-state index in [4.69, 9.17) is 0 Å². The quantitative estimate of drug-likeness (QED) is 0.815. The van der Waals surface area contributed by atoms with Crippen LogP contribution in [0.1, 0.15) is 44.7 Å². The molecule has 8 heteroatoms. The Bertz CT molecular complexity index is 771. The molecule has 26 heavy (non-hydrogen) atoms. The number of hydrogen-bond acceptors (Lipinski definition) is 5. The van der Waals surface area contributed by atoms with Crippen LogP contribution in [0.5, 0.6) is 0 Å². The molecule has 0 spiro atoms. The molecule has 1 saturated heterocycles. The highest BCUT2D eigenvalue weighted by atomic mass is 19.3. The molecule has 2 N–H and O–H groups in total. The van der Waals surface area contributed by atoms with Crippen molar-refractivity contribution in [3.63, 3.8) is 0 Å². The van der Waals surface area contributed by atoms with Gasteiger partial charge in [0.1, 0.15) is 5.82 Å². The number of nitrogens with one attached hydrogen (secondary N) is 2. The number of halogens is 2. The number of hydrogen-bond donors (Lipinski definition) is 2. The van der Waals surface area contributed by atoms with Crippen molar-refractivity contribution in [3.8, 4) is 0 Å². The van der Waals surface area contributed by atoms with Gasteiger partial charge in [-0.2, -0.15) is 10.1 Å². The van der Waals surface area contributed by atoms with Gasteiger partial charge < -0.3 is 10.2 Å². The second-order valence-electron chi connectivity index (χ2n) is 7.82. The van der Waals surface area contributed by atoms with Crippen LogP contribution >= 0.6 is 0 Å². The van der Waals surface area contributed by atoms with Gasteiger partial charge in [-0.1, -0.05) is 13.8 Å². The molecule has 2 aromatic heterocycles. The SMILES string of the molecule is CC(C)CC1CN(c2nccc(Nc3cc(C4CC4)[nH]n3)n2)CC1(F)F. The van der Waals surface area contributed by atoms with Gasteiger partial charge in [0.25, 0.3) is 5.92 Å². The summed E-state index contributed by atoms with van der Waals surface area (Å²) in [7, 11) is 0. The van der Waals surface area contributed by atoms with Crippen LogP contribution < -0.4 is 10.2 Å². The van der Waals surface area contributed by atoms with Crippen molar-refractivity contribution in [3.05, 3.63) is 24.0 Å². The molecule has 0 aromatic carbocycles. The Morgan fingerprint density at radius 2 is 2.15 bits per heavy atom. The van der Waals surface area contributed by atoms with Gasteiger partial charge in [-0.3, -0.25) is 5.10 Å². The van der Waals surface area contributed by atoms with E-state index in [2.05, 4.69) is 25.5 Å². The fraction of sp³-hybridized carbons (Fsp3) is 0.611. The van der Waals surface area contributed by atoms with Crippen molar-refractivity contribution in [1.29, 1.82) is 0 Å². The summed E-state index contributed by atoms with van der Waals surface area (Å²) in [6.45, 7) is 3.89. The Morgan fingerprint density at radius 1 is 1.35 bits per heavy atom. The van der Waals surface area contributed by atoms with Gasteiger partial charge in [-0.25, -0.2) is 13.8 Å². The summed E-state index contributed by atoms with van der Waals surface area (Å²) >= 11 is 0. The van der Waals surface area contributed by atoms with Crippen LogP contribution in [0, 0.1) is 11.8 Å². The molecule has 3 heterocycles. The smallest absolute Gasteiger partial charge is 0.269 e. The molecule has 1 atom stereocenters. The Hall–Kier alpha value is -2.25. The van der Waals surface area contributed by atoms with E-state index < -0.39 is 11.8 Å². The number of aromatic amines is 1. The average Bonchev–Trinajstić information content (AvgIpc) is 3.25. The Morgan fingerprint density at radius 3 is 2.88 bits per heavy atom. The lowest BCUT2D eigenvalue weighted by Crippen LogP contribution is -2.28. The number of nitrogens with zero attached hydrogens (tertiary/aromatic N) is 4. The molecule has 0 amide bonds. The molecule has 1 aliphatic carbocycles. The summed E-state index contributed by atoms with van der Waals surface area (Å²) in [4.78, 5) is 10.2. The molecular weight excluding hydrogens is 338 g/mol. The van der Waals surface area contributed by atoms with Crippen molar-refractivity contribution in [2.24, 2.45) is 11.8 Å². The molecule has 2 fully saturated rings. The number of aromatic nitrogens is 4. The van der Waals surface area contributed by atoms with Crippen LogP contribution in [0.15, 0.2) is 18.3 Å². The van der Waals surface area contributed by atoms with Crippen molar-refractivity contribution < 1.29 is 8.78 Å². The van der Waals surface area contributed by atoms with Gasteiger partial charge >= 0.3 is 0 Å². The number of alkyl halides is 2. The van der Waals surface area contributed by atoms with Gasteiger partial charge in [0, 0.05) is 36.3 Å². The highest BCUT2D eigenvalue weighted by Gasteiger charge is 2.48. The molecule has 4 rings (SSSR count). The van der Waals surface area contributed by atoms with Crippen molar-refractivity contribution in [2.75, 3.05) is 23.3 Å². The zero-order chi connectivity index (χ0) is 18.3. The van der Waals surface area contributed by atoms with Crippen LogP contribution in [0.2, 0.25) is 0 Å². The van der Waals surface area contributed by atoms with Gasteiger partial charge in [0.15, 0.2) is 5.82 Å². The van der Waals surface area contributed by atoms with Crippen LogP contribution in [-0.2, 0) is 0 Å². The third-order valence-electron chi connectivity index (χ3n) is 4.99. The standard InChI is InChI=1S/C18H24F2N6/c1-11(2)7-13-9-26(10-18(13,19)20)17-21-6-5-15(23-17)22-16-8-14(24-25-16)12-3-4-12/h5-6,8,11-13H,3-4,7,9-10H2,1-2H3,(H2,21,22,23,24,25). The summed E-state index contributed by atoms with van der Waals surface area (Å²) in [5.74, 6) is -0.975. The highest BCUT2D eigenvalue weighted by molar-refractivity contribution is 5.54. The maximum atomic E-state index is 14.3. The maximum absolute atomic E-state index is 14.3. The first-order valence-electron chi connectivity index (χ1n) is 9.19. The first kappa shape index (κ1) is 17.2. The molecule has 2 aromatic rings. The molecule has 140 valence electrons. The van der Waals surface area contributed by atoms with E-state index in [9.17, 15) is 8.78 Å². The van der Waals surface area contributed by atoms with E-state index in [1.807, 2.05) is 19.9 Å². The predicted octanol–water partition coefficient (Wildman–Crippen LogP) is 3.94. The second kappa shape index (κ2) is 6.48. The summed E-state index contributed by atoms with van der Waals surface area (Å²) in [6, 6.07) is 3.69. The van der Waals surface area contributed by atoms with Gasteiger partial charge in [-0.15, -0.1) is 0 Å². The van der Waals surface area contributed by atoms with Gasteiger partial charge in [0.2, 0.25) is 5.95 Å². The summed E-state index contributed by atoms with van der Waals surface area (Å²) in [5, 5.41) is 10.4. The molecule has 1 aliphatic heterocycles. The van der Waals surface area contributed by atoms with Crippen molar-refractivity contribution >= 4 is 17.6 Å². The molecule has 0 radical (unpaired) electrons. The van der Waals surface area contributed by atoms with Crippen molar-refractivity contribution in [2.45, 2.75) is 45.0 Å². The molecule has 1 unspecified atom stereocenters. The van der Waals surface area contributed by atoms with Crippen LogP contribution in [0.3, 0.4) is 0 Å². The highest BCUT2D eigenvalue weighted by Crippen LogP contribution is 2.40. The topological polar surface area (TPSA) is 69.7 Å². The minimum atomic E-state index is -2.71. The van der Waals surface area contributed by atoms with Gasteiger partial charge in [0.05, 0.1) is 6.54 Å². The lowest BCUT2D eigenvalue weighted by atomic mass is 9.94.